The van der Waals surface area contributed by atoms with Crippen LogP contribution in [0.25, 0.3) is 22.0 Å². The van der Waals surface area contributed by atoms with Crippen molar-refractivity contribution in [3.8, 4) is 11.1 Å². The number of benzene rings is 1. The molecule has 0 bridgehead atoms. The summed E-state index contributed by atoms with van der Waals surface area (Å²) in [6.45, 7) is 1.36. The van der Waals surface area contributed by atoms with E-state index >= 15 is 0 Å². The molecule has 152 valence electrons. The zero-order valence-electron chi connectivity index (χ0n) is 15.5. The number of H-pyrrole nitrogens is 1. The number of aromatic nitrogens is 3. The van der Waals surface area contributed by atoms with Gasteiger partial charge in [0.1, 0.15) is 22.5 Å². The number of hydrogen-bond acceptors (Lipinski definition) is 3. The largest absolute Gasteiger partial charge is 0.477 e. The van der Waals surface area contributed by atoms with E-state index in [1.54, 1.807) is 13.0 Å². The molecule has 0 saturated carbocycles. The first-order valence-corrected chi connectivity index (χ1v) is 9.19. The molecule has 0 aliphatic carbocycles. The number of hydrogen-bond donors (Lipinski definition) is 2. The highest BCUT2D eigenvalue weighted by Crippen LogP contribution is 2.36. The van der Waals surface area contributed by atoms with Crippen LogP contribution in [0.4, 0.5) is 8.78 Å². The Balaban J connectivity index is 2.12. The van der Waals surface area contributed by atoms with Crippen LogP contribution in [0.5, 0.6) is 0 Å². The monoisotopic (exact) mass is 429 g/mol. The third-order valence-electron chi connectivity index (χ3n) is 4.84. The number of pyridine rings is 2. The van der Waals surface area contributed by atoms with Gasteiger partial charge in [0.25, 0.3) is 5.56 Å². The first-order valence-electron chi connectivity index (χ1n) is 8.81. The summed E-state index contributed by atoms with van der Waals surface area (Å²) in [4.78, 5) is 31.0. The Morgan fingerprint density at radius 1 is 1.30 bits per heavy atom. The zero-order chi connectivity index (χ0) is 21.6. The van der Waals surface area contributed by atoms with Gasteiger partial charge in [-0.25, -0.2) is 18.6 Å². The first-order chi connectivity index (χ1) is 14.3. The van der Waals surface area contributed by atoms with Crippen molar-refractivity contribution in [2.45, 2.75) is 13.5 Å². The van der Waals surface area contributed by atoms with Crippen LogP contribution >= 0.6 is 11.6 Å². The molecule has 3 aromatic heterocycles. The number of carboxylic acid groups (broad SMARTS) is 1. The van der Waals surface area contributed by atoms with Gasteiger partial charge in [-0.2, -0.15) is 0 Å². The zero-order valence-corrected chi connectivity index (χ0v) is 16.3. The van der Waals surface area contributed by atoms with Crippen LogP contribution in [-0.2, 0) is 6.54 Å². The number of nitrogens with zero attached hydrogens (tertiary/aromatic N) is 2. The summed E-state index contributed by atoms with van der Waals surface area (Å²) < 4.78 is 29.4. The second kappa shape index (κ2) is 7.38. The predicted molar refractivity (Wildman–Crippen MR) is 108 cm³/mol. The SMILES string of the molecule is Cc1cc2c(-c3ccc[nH]c3=O)c(C(=O)O)n(Cc3cc(F)cnc3Cl)c2cc1F. The van der Waals surface area contributed by atoms with E-state index in [1.165, 1.54) is 29.0 Å². The third kappa shape index (κ3) is 3.25. The van der Waals surface area contributed by atoms with Crippen LogP contribution in [0, 0.1) is 18.6 Å². The Morgan fingerprint density at radius 3 is 2.77 bits per heavy atom. The summed E-state index contributed by atoms with van der Waals surface area (Å²) in [5.74, 6) is -2.53. The minimum Gasteiger partial charge on any atom is -0.477 e. The Morgan fingerprint density at radius 2 is 2.07 bits per heavy atom. The predicted octanol–water partition coefficient (Wildman–Crippen LogP) is 4.38. The van der Waals surface area contributed by atoms with E-state index in [4.69, 9.17) is 11.6 Å². The normalized spacial score (nSPS) is 11.2. The van der Waals surface area contributed by atoms with E-state index in [0.717, 1.165) is 12.3 Å². The molecular weight excluding hydrogens is 416 g/mol. The smallest absolute Gasteiger partial charge is 0.353 e. The minimum atomic E-state index is -1.33. The van der Waals surface area contributed by atoms with Gasteiger partial charge >= 0.3 is 5.97 Å². The molecule has 0 amide bonds. The molecule has 4 aromatic rings. The molecule has 2 N–H and O–H groups in total. The van der Waals surface area contributed by atoms with E-state index in [-0.39, 0.29) is 45.2 Å². The van der Waals surface area contributed by atoms with Gasteiger partial charge in [-0.05, 0) is 42.8 Å². The summed E-state index contributed by atoms with van der Waals surface area (Å²) in [5, 5.41) is 10.4. The van der Waals surface area contributed by atoms with Gasteiger partial charge in [0.2, 0.25) is 0 Å². The number of halogens is 3. The van der Waals surface area contributed by atoms with E-state index in [2.05, 4.69) is 9.97 Å². The summed E-state index contributed by atoms with van der Waals surface area (Å²) in [6.07, 6.45) is 2.37. The highest BCUT2D eigenvalue weighted by atomic mass is 35.5. The van der Waals surface area contributed by atoms with Crippen molar-refractivity contribution >= 4 is 28.5 Å². The van der Waals surface area contributed by atoms with Crippen LogP contribution in [0.15, 0.2) is 47.5 Å². The lowest BCUT2D eigenvalue weighted by molar-refractivity contribution is 0.0687. The molecule has 0 saturated heterocycles. The van der Waals surface area contributed by atoms with Gasteiger partial charge in [0.05, 0.1) is 18.3 Å². The van der Waals surface area contributed by atoms with Crippen LogP contribution in [0.3, 0.4) is 0 Å². The van der Waals surface area contributed by atoms with Crippen LogP contribution < -0.4 is 5.56 Å². The lowest BCUT2D eigenvalue weighted by Gasteiger charge is -2.11. The fourth-order valence-electron chi connectivity index (χ4n) is 3.50. The molecule has 9 heteroatoms. The average Bonchev–Trinajstić information content (AvgIpc) is 2.99. The van der Waals surface area contributed by atoms with Gasteiger partial charge in [0.15, 0.2) is 0 Å². The number of fused-ring (bicyclic) bond motifs is 1. The van der Waals surface area contributed by atoms with Gasteiger partial charge in [-0.1, -0.05) is 11.6 Å². The molecule has 0 fully saturated rings. The second-order valence-electron chi connectivity index (χ2n) is 6.75. The number of carboxylic acids is 1. The molecule has 0 radical (unpaired) electrons. The molecule has 6 nitrogen and oxygen atoms in total. The molecule has 30 heavy (non-hydrogen) atoms. The van der Waals surface area contributed by atoms with Gasteiger partial charge < -0.3 is 14.7 Å². The van der Waals surface area contributed by atoms with Crippen molar-refractivity contribution in [1.29, 1.82) is 0 Å². The molecule has 0 aliphatic heterocycles. The van der Waals surface area contributed by atoms with Crippen molar-refractivity contribution < 1.29 is 18.7 Å². The number of aryl methyl sites for hydroxylation is 1. The summed E-state index contributed by atoms with van der Waals surface area (Å²) >= 11 is 6.07. The van der Waals surface area contributed by atoms with Crippen molar-refractivity contribution in [1.82, 2.24) is 14.5 Å². The molecule has 4 rings (SSSR count). The Bertz CT molecular complexity index is 1380. The molecule has 0 atom stereocenters. The fraction of sp³-hybridized carbons (Fsp3) is 0.0952. The lowest BCUT2D eigenvalue weighted by atomic mass is 10.0. The molecule has 0 unspecified atom stereocenters. The number of nitrogens with one attached hydrogen (secondary N) is 1. The first kappa shape index (κ1) is 19.8. The Hall–Kier alpha value is -3.52. The standard InChI is InChI=1S/C21H14ClF2N3O3/c1-10-5-14-16(7-15(10)24)27(9-11-6-12(23)8-26-19(11)22)18(21(29)30)17(14)13-3-2-4-25-20(13)28/h2-8H,9H2,1H3,(H,25,28)(H,29,30). The molecule has 3 heterocycles. The minimum absolute atomic E-state index is 0.0127. The third-order valence-corrected chi connectivity index (χ3v) is 5.18. The highest BCUT2D eigenvalue weighted by Gasteiger charge is 2.26. The van der Waals surface area contributed by atoms with Gasteiger partial charge in [-0.15, -0.1) is 0 Å². The highest BCUT2D eigenvalue weighted by molar-refractivity contribution is 6.30. The van der Waals surface area contributed by atoms with Gasteiger partial charge in [-0.3, -0.25) is 4.79 Å². The number of carbonyl (C=O) groups is 1. The van der Waals surface area contributed by atoms with E-state index in [1.807, 2.05) is 0 Å². The van der Waals surface area contributed by atoms with Crippen LogP contribution in [0.1, 0.15) is 21.6 Å². The van der Waals surface area contributed by atoms with Crippen LogP contribution in [-0.4, -0.2) is 25.6 Å². The van der Waals surface area contributed by atoms with E-state index in [0.29, 0.717) is 5.39 Å². The maximum Gasteiger partial charge on any atom is 0.353 e. The van der Waals surface area contributed by atoms with Crippen molar-refractivity contribution in [2.24, 2.45) is 0 Å². The molecule has 1 aromatic carbocycles. The Labute approximate surface area is 173 Å². The second-order valence-corrected chi connectivity index (χ2v) is 7.11. The van der Waals surface area contributed by atoms with E-state index < -0.39 is 23.2 Å². The molecule has 0 spiro atoms. The number of aromatic carboxylic acids is 1. The Kier molecular flexibility index (Phi) is 4.87. The van der Waals surface area contributed by atoms with E-state index in [9.17, 15) is 23.5 Å². The quantitative estimate of drug-likeness (QED) is 0.471. The van der Waals surface area contributed by atoms with Gasteiger partial charge in [0, 0.05) is 28.3 Å². The summed E-state index contributed by atoms with van der Waals surface area (Å²) in [7, 11) is 0. The summed E-state index contributed by atoms with van der Waals surface area (Å²) in [5.41, 5.74) is 0.255. The maximum atomic E-state index is 14.4. The number of rotatable bonds is 4. The average molecular weight is 430 g/mol. The topological polar surface area (TPSA) is 88.0 Å². The fourth-order valence-corrected chi connectivity index (χ4v) is 3.66. The van der Waals surface area contributed by atoms with Crippen molar-refractivity contribution in [3.63, 3.8) is 0 Å². The van der Waals surface area contributed by atoms with Crippen LogP contribution in [0.2, 0.25) is 5.15 Å². The molecule has 0 aliphatic rings. The summed E-state index contributed by atoms with van der Waals surface area (Å²) in [6, 6.07) is 6.86. The lowest BCUT2D eigenvalue weighted by Crippen LogP contribution is -2.14. The van der Waals surface area contributed by atoms with Crippen molar-refractivity contribution in [3.05, 3.63) is 86.7 Å². The maximum absolute atomic E-state index is 14.4. The molecular formula is C21H14ClF2N3O3. The number of aromatic amines is 1. The van der Waals surface area contributed by atoms with Crippen molar-refractivity contribution in [2.75, 3.05) is 0 Å².